The van der Waals surface area contributed by atoms with Gasteiger partial charge >= 0.3 is 0 Å². The molecule has 1 aromatic heterocycles. The summed E-state index contributed by atoms with van der Waals surface area (Å²) in [5.41, 5.74) is 10.6. The van der Waals surface area contributed by atoms with Gasteiger partial charge in [0, 0.05) is 18.4 Å². The predicted octanol–water partition coefficient (Wildman–Crippen LogP) is 0.489. The normalized spacial score (nSPS) is 30.2. The molecule has 1 heterocycles. The second kappa shape index (κ2) is 3.90. The number of aromatic nitrogens is 2. The van der Waals surface area contributed by atoms with Gasteiger partial charge in [0.2, 0.25) is 5.91 Å². The quantitative estimate of drug-likeness (QED) is 0.763. The molecule has 2 atom stereocenters. The SMILES string of the molecule is Cc1nccn1C1CCCC(N)(C(N)=O)C1. The monoisotopic (exact) mass is 222 g/mol. The molecule has 0 saturated heterocycles. The van der Waals surface area contributed by atoms with Crippen molar-refractivity contribution in [3.63, 3.8) is 0 Å². The molecule has 16 heavy (non-hydrogen) atoms. The molecule has 2 rings (SSSR count). The molecule has 1 aromatic rings. The summed E-state index contributed by atoms with van der Waals surface area (Å²) in [7, 11) is 0. The van der Waals surface area contributed by atoms with Crippen molar-refractivity contribution >= 4 is 5.91 Å². The highest BCUT2D eigenvalue weighted by molar-refractivity contribution is 5.84. The molecule has 1 aliphatic carbocycles. The topological polar surface area (TPSA) is 86.9 Å². The summed E-state index contributed by atoms with van der Waals surface area (Å²) in [5.74, 6) is 0.564. The van der Waals surface area contributed by atoms with Crippen molar-refractivity contribution in [2.45, 2.75) is 44.2 Å². The van der Waals surface area contributed by atoms with Crippen molar-refractivity contribution in [3.05, 3.63) is 18.2 Å². The van der Waals surface area contributed by atoms with E-state index in [1.165, 1.54) is 0 Å². The van der Waals surface area contributed by atoms with Gasteiger partial charge in [-0.1, -0.05) is 0 Å². The van der Waals surface area contributed by atoms with E-state index in [0.29, 0.717) is 12.8 Å². The highest BCUT2D eigenvalue weighted by Gasteiger charge is 2.38. The van der Waals surface area contributed by atoms with Crippen LogP contribution in [-0.2, 0) is 4.79 Å². The molecule has 0 aromatic carbocycles. The smallest absolute Gasteiger partial charge is 0.237 e. The van der Waals surface area contributed by atoms with Gasteiger partial charge in [-0.3, -0.25) is 4.79 Å². The van der Waals surface area contributed by atoms with Crippen LogP contribution in [0, 0.1) is 6.92 Å². The average molecular weight is 222 g/mol. The van der Waals surface area contributed by atoms with Crippen molar-refractivity contribution in [2.75, 3.05) is 0 Å². The maximum Gasteiger partial charge on any atom is 0.237 e. The Morgan fingerprint density at radius 1 is 1.69 bits per heavy atom. The Labute approximate surface area is 94.8 Å². The van der Waals surface area contributed by atoms with Crippen molar-refractivity contribution in [1.29, 1.82) is 0 Å². The maximum atomic E-state index is 11.3. The molecule has 1 amide bonds. The third-order valence-electron chi connectivity index (χ3n) is 3.51. The molecule has 4 N–H and O–H groups in total. The van der Waals surface area contributed by atoms with Crippen LogP contribution in [0.25, 0.3) is 0 Å². The largest absolute Gasteiger partial charge is 0.368 e. The van der Waals surface area contributed by atoms with E-state index in [0.717, 1.165) is 18.7 Å². The number of amides is 1. The third-order valence-corrected chi connectivity index (χ3v) is 3.51. The Morgan fingerprint density at radius 3 is 3.00 bits per heavy atom. The van der Waals surface area contributed by atoms with Gasteiger partial charge in [-0.2, -0.15) is 0 Å². The highest BCUT2D eigenvalue weighted by atomic mass is 16.1. The molecule has 1 saturated carbocycles. The number of primary amides is 1. The standard InChI is InChI=1S/C11H18N4O/c1-8-14-5-6-15(8)9-3-2-4-11(13,7-9)10(12)16/h5-6,9H,2-4,7,13H2,1H3,(H2,12,16). The van der Waals surface area contributed by atoms with Crippen LogP contribution >= 0.6 is 0 Å². The minimum absolute atomic E-state index is 0.244. The van der Waals surface area contributed by atoms with Gasteiger partial charge in [0.1, 0.15) is 5.82 Å². The molecular formula is C11H18N4O. The number of nitrogens with zero attached hydrogens (tertiary/aromatic N) is 2. The summed E-state index contributed by atoms with van der Waals surface area (Å²) in [5, 5.41) is 0. The molecule has 0 radical (unpaired) electrons. The van der Waals surface area contributed by atoms with E-state index in [9.17, 15) is 4.79 Å². The van der Waals surface area contributed by atoms with Crippen LogP contribution in [-0.4, -0.2) is 21.0 Å². The van der Waals surface area contributed by atoms with E-state index in [-0.39, 0.29) is 6.04 Å². The van der Waals surface area contributed by atoms with Gasteiger partial charge in [0.25, 0.3) is 0 Å². The molecule has 1 aliphatic rings. The lowest BCUT2D eigenvalue weighted by molar-refractivity contribution is -0.124. The zero-order valence-electron chi connectivity index (χ0n) is 9.52. The number of hydrogen-bond donors (Lipinski definition) is 2. The lowest BCUT2D eigenvalue weighted by Gasteiger charge is -2.36. The average Bonchev–Trinajstić information content (AvgIpc) is 2.64. The van der Waals surface area contributed by atoms with Crippen LogP contribution in [0.5, 0.6) is 0 Å². The Hall–Kier alpha value is -1.36. The number of nitrogens with two attached hydrogens (primary N) is 2. The van der Waals surface area contributed by atoms with Crippen LogP contribution in [0.4, 0.5) is 0 Å². The third kappa shape index (κ3) is 1.82. The molecule has 0 aliphatic heterocycles. The molecule has 5 heteroatoms. The number of rotatable bonds is 2. The van der Waals surface area contributed by atoms with Gasteiger partial charge in [-0.05, 0) is 32.6 Å². The first-order valence-corrected chi connectivity index (χ1v) is 5.61. The van der Waals surface area contributed by atoms with Crippen molar-refractivity contribution in [1.82, 2.24) is 9.55 Å². The summed E-state index contributed by atoms with van der Waals surface area (Å²) in [6.07, 6.45) is 6.97. The lowest BCUT2D eigenvalue weighted by atomic mass is 9.79. The van der Waals surface area contributed by atoms with Crippen LogP contribution in [0.2, 0.25) is 0 Å². The zero-order valence-corrected chi connectivity index (χ0v) is 9.52. The number of aryl methyl sites for hydroxylation is 1. The van der Waals surface area contributed by atoms with Crippen molar-refractivity contribution < 1.29 is 4.79 Å². The van der Waals surface area contributed by atoms with Crippen LogP contribution in [0.15, 0.2) is 12.4 Å². The van der Waals surface area contributed by atoms with Gasteiger partial charge < -0.3 is 16.0 Å². The zero-order chi connectivity index (χ0) is 11.8. The Bertz CT molecular complexity index is 400. The molecule has 0 spiro atoms. The Kier molecular flexibility index (Phi) is 2.71. The summed E-state index contributed by atoms with van der Waals surface area (Å²) >= 11 is 0. The molecule has 5 nitrogen and oxygen atoms in total. The first-order chi connectivity index (χ1) is 7.53. The summed E-state index contributed by atoms with van der Waals surface area (Å²) in [4.78, 5) is 15.5. The van der Waals surface area contributed by atoms with Crippen LogP contribution in [0.3, 0.4) is 0 Å². The number of carbonyl (C=O) groups is 1. The van der Waals surface area contributed by atoms with Gasteiger partial charge in [-0.15, -0.1) is 0 Å². The van der Waals surface area contributed by atoms with Crippen molar-refractivity contribution in [2.24, 2.45) is 11.5 Å². The molecule has 88 valence electrons. The van der Waals surface area contributed by atoms with Crippen LogP contribution < -0.4 is 11.5 Å². The van der Waals surface area contributed by atoms with Crippen LogP contribution in [0.1, 0.15) is 37.5 Å². The van der Waals surface area contributed by atoms with Gasteiger partial charge in [0.15, 0.2) is 0 Å². The predicted molar refractivity (Wildman–Crippen MR) is 60.6 cm³/mol. The van der Waals surface area contributed by atoms with Gasteiger partial charge in [-0.25, -0.2) is 4.98 Å². The second-order valence-electron chi connectivity index (χ2n) is 4.65. The van der Waals surface area contributed by atoms with Crippen molar-refractivity contribution in [3.8, 4) is 0 Å². The summed E-state index contributed by atoms with van der Waals surface area (Å²) < 4.78 is 2.09. The maximum absolute atomic E-state index is 11.3. The molecule has 2 unspecified atom stereocenters. The Balaban J connectivity index is 2.20. The van der Waals surface area contributed by atoms with E-state index in [1.54, 1.807) is 6.20 Å². The Morgan fingerprint density at radius 2 is 2.44 bits per heavy atom. The van der Waals surface area contributed by atoms with E-state index in [4.69, 9.17) is 11.5 Å². The highest BCUT2D eigenvalue weighted by Crippen LogP contribution is 2.34. The number of hydrogen-bond acceptors (Lipinski definition) is 3. The number of carbonyl (C=O) groups excluding carboxylic acids is 1. The van der Waals surface area contributed by atoms with E-state index >= 15 is 0 Å². The second-order valence-corrected chi connectivity index (χ2v) is 4.65. The minimum Gasteiger partial charge on any atom is -0.368 e. The fraction of sp³-hybridized carbons (Fsp3) is 0.636. The lowest BCUT2D eigenvalue weighted by Crippen LogP contribution is -2.54. The van der Waals surface area contributed by atoms with Gasteiger partial charge in [0.05, 0.1) is 5.54 Å². The summed E-state index contributed by atoms with van der Waals surface area (Å²) in [6.45, 7) is 1.96. The van der Waals surface area contributed by atoms with E-state index in [2.05, 4.69) is 9.55 Å². The van der Waals surface area contributed by atoms with E-state index in [1.807, 2.05) is 13.1 Å². The molecule has 0 bridgehead atoms. The minimum atomic E-state index is -0.848. The fourth-order valence-electron chi connectivity index (χ4n) is 2.51. The first kappa shape index (κ1) is 11.1. The van der Waals surface area contributed by atoms with E-state index < -0.39 is 11.4 Å². The number of imidazole rings is 1. The first-order valence-electron chi connectivity index (χ1n) is 5.61. The summed E-state index contributed by atoms with van der Waals surface area (Å²) in [6, 6.07) is 0.244. The fourth-order valence-corrected chi connectivity index (χ4v) is 2.51. The molecular weight excluding hydrogens is 204 g/mol. The molecule has 1 fully saturated rings.